The zero-order valence-electron chi connectivity index (χ0n) is 11.1. The van der Waals surface area contributed by atoms with Crippen LogP contribution < -0.4 is 0 Å². The van der Waals surface area contributed by atoms with Gasteiger partial charge in [0.05, 0.1) is 0 Å². The predicted molar refractivity (Wildman–Crippen MR) is 68.1 cm³/mol. The summed E-state index contributed by atoms with van der Waals surface area (Å²) in [6.07, 6.45) is 6.85. The lowest BCUT2D eigenvalue weighted by atomic mass is 10.0. The lowest BCUT2D eigenvalue weighted by Gasteiger charge is -2.31. The van der Waals surface area contributed by atoms with Crippen molar-refractivity contribution in [3.63, 3.8) is 0 Å². The molecular formula is C14H29N. The Morgan fingerprint density at radius 3 is 1.93 bits per heavy atom. The van der Waals surface area contributed by atoms with E-state index in [-0.39, 0.29) is 0 Å². The van der Waals surface area contributed by atoms with Crippen LogP contribution in [0.4, 0.5) is 0 Å². The average Bonchev–Trinajstić information content (AvgIpc) is 2.92. The fourth-order valence-corrected chi connectivity index (χ4v) is 2.87. The highest BCUT2D eigenvalue weighted by molar-refractivity contribution is 4.93. The van der Waals surface area contributed by atoms with E-state index < -0.39 is 0 Å². The Kier molecular flexibility index (Phi) is 5.66. The second-order valence-electron chi connectivity index (χ2n) is 5.27. The van der Waals surface area contributed by atoms with Crippen molar-refractivity contribution < 1.29 is 0 Å². The molecule has 1 fully saturated rings. The van der Waals surface area contributed by atoms with Crippen molar-refractivity contribution in [2.24, 2.45) is 11.8 Å². The van der Waals surface area contributed by atoms with Crippen LogP contribution in [0.2, 0.25) is 0 Å². The molecule has 90 valence electrons. The first-order chi connectivity index (χ1) is 7.24. The van der Waals surface area contributed by atoms with Gasteiger partial charge in [-0.3, -0.25) is 0 Å². The van der Waals surface area contributed by atoms with Crippen LogP contribution in [0.3, 0.4) is 0 Å². The van der Waals surface area contributed by atoms with Crippen molar-refractivity contribution in [3.8, 4) is 0 Å². The lowest BCUT2D eigenvalue weighted by molar-refractivity contribution is 0.161. The third-order valence-corrected chi connectivity index (χ3v) is 3.74. The third-order valence-electron chi connectivity index (χ3n) is 3.74. The second-order valence-corrected chi connectivity index (χ2v) is 5.27. The molecule has 0 spiro atoms. The Hall–Kier alpha value is -0.0400. The van der Waals surface area contributed by atoms with Gasteiger partial charge in [0.2, 0.25) is 0 Å². The molecule has 0 aromatic rings. The first-order valence-electron chi connectivity index (χ1n) is 6.98. The predicted octanol–water partition coefficient (Wildman–Crippen LogP) is 3.93. The topological polar surface area (TPSA) is 3.24 Å². The summed E-state index contributed by atoms with van der Waals surface area (Å²) in [7, 11) is 0. The standard InChI is InChI=1S/C14H29N/c1-5-8-14(13-11-12(13)4)15(9-6-2)10-7-3/h12-14H,5-11H2,1-4H3. The Bertz CT molecular complexity index is 161. The van der Waals surface area contributed by atoms with Crippen LogP contribution in [-0.2, 0) is 0 Å². The number of hydrogen-bond acceptors (Lipinski definition) is 1. The van der Waals surface area contributed by atoms with Crippen molar-refractivity contribution in [1.29, 1.82) is 0 Å². The highest BCUT2D eigenvalue weighted by Gasteiger charge is 2.40. The van der Waals surface area contributed by atoms with Crippen LogP contribution in [0, 0.1) is 11.8 Å². The van der Waals surface area contributed by atoms with Crippen molar-refractivity contribution >= 4 is 0 Å². The highest BCUT2D eigenvalue weighted by atomic mass is 15.2. The fourth-order valence-electron chi connectivity index (χ4n) is 2.87. The largest absolute Gasteiger partial charge is 0.300 e. The summed E-state index contributed by atoms with van der Waals surface area (Å²) in [6.45, 7) is 12.0. The maximum atomic E-state index is 2.76. The normalized spacial score (nSPS) is 27.0. The Morgan fingerprint density at radius 2 is 1.60 bits per heavy atom. The molecule has 1 nitrogen and oxygen atoms in total. The maximum Gasteiger partial charge on any atom is 0.0126 e. The van der Waals surface area contributed by atoms with Gasteiger partial charge in [-0.2, -0.15) is 0 Å². The number of hydrogen-bond donors (Lipinski definition) is 0. The number of nitrogens with zero attached hydrogens (tertiary/aromatic N) is 1. The van der Waals surface area contributed by atoms with Gasteiger partial charge in [-0.05, 0) is 50.6 Å². The monoisotopic (exact) mass is 211 g/mol. The summed E-state index contributed by atoms with van der Waals surface area (Å²) in [5.41, 5.74) is 0. The minimum Gasteiger partial charge on any atom is -0.300 e. The van der Waals surface area contributed by atoms with Crippen molar-refractivity contribution in [2.75, 3.05) is 13.1 Å². The summed E-state index contributed by atoms with van der Waals surface area (Å²) >= 11 is 0. The quantitative estimate of drug-likeness (QED) is 0.588. The van der Waals surface area contributed by atoms with Crippen molar-refractivity contribution in [3.05, 3.63) is 0 Å². The molecule has 0 N–H and O–H groups in total. The summed E-state index contributed by atoms with van der Waals surface area (Å²) in [4.78, 5) is 2.76. The van der Waals surface area contributed by atoms with E-state index in [1.165, 1.54) is 45.2 Å². The minimum absolute atomic E-state index is 0.893. The molecule has 0 aliphatic heterocycles. The van der Waals surface area contributed by atoms with Gasteiger partial charge in [-0.1, -0.05) is 34.1 Å². The molecule has 0 bridgehead atoms. The minimum atomic E-state index is 0.893. The van der Waals surface area contributed by atoms with Crippen LogP contribution in [0.5, 0.6) is 0 Å². The molecule has 0 amide bonds. The molecule has 0 radical (unpaired) electrons. The van der Waals surface area contributed by atoms with E-state index in [2.05, 4.69) is 32.6 Å². The second kappa shape index (κ2) is 6.52. The molecule has 0 aromatic heterocycles. The van der Waals surface area contributed by atoms with Gasteiger partial charge in [-0.25, -0.2) is 0 Å². The van der Waals surface area contributed by atoms with Crippen molar-refractivity contribution in [1.82, 2.24) is 4.90 Å². The van der Waals surface area contributed by atoms with Crippen LogP contribution in [0.1, 0.15) is 59.8 Å². The molecule has 1 saturated carbocycles. The third kappa shape index (κ3) is 3.79. The van der Waals surface area contributed by atoms with E-state index in [0.717, 1.165) is 17.9 Å². The van der Waals surface area contributed by atoms with Gasteiger partial charge >= 0.3 is 0 Å². The van der Waals surface area contributed by atoms with E-state index in [1.54, 1.807) is 0 Å². The lowest BCUT2D eigenvalue weighted by Crippen LogP contribution is -2.38. The van der Waals surface area contributed by atoms with Gasteiger partial charge in [0.1, 0.15) is 0 Å². The smallest absolute Gasteiger partial charge is 0.0126 e. The Morgan fingerprint density at radius 1 is 1.07 bits per heavy atom. The maximum absolute atomic E-state index is 2.76. The molecule has 3 atom stereocenters. The van der Waals surface area contributed by atoms with E-state index in [9.17, 15) is 0 Å². The molecule has 0 heterocycles. The van der Waals surface area contributed by atoms with Crippen molar-refractivity contribution in [2.45, 2.75) is 65.8 Å². The molecule has 15 heavy (non-hydrogen) atoms. The summed E-state index contributed by atoms with van der Waals surface area (Å²) in [6, 6.07) is 0.893. The SMILES string of the molecule is CCCC(C1CC1C)N(CCC)CCC. The summed E-state index contributed by atoms with van der Waals surface area (Å²) < 4.78 is 0. The van der Waals surface area contributed by atoms with E-state index in [4.69, 9.17) is 0 Å². The molecule has 0 saturated heterocycles. The van der Waals surface area contributed by atoms with Crippen LogP contribution in [0.15, 0.2) is 0 Å². The Labute approximate surface area is 96.2 Å². The zero-order chi connectivity index (χ0) is 11.3. The first kappa shape index (κ1) is 13.0. The van der Waals surface area contributed by atoms with Gasteiger partial charge in [0.25, 0.3) is 0 Å². The van der Waals surface area contributed by atoms with E-state index in [0.29, 0.717) is 0 Å². The van der Waals surface area contributed by atoms with E-state index >= 15 is 0 Å². The van der Waals surface area contributed by atoms with Crippen LogP contribution in [0.25, 0.3) is 0 Å². The molecule has 1 aliphatic carbocycles. The molecule has 1 aliphatic rings. The molecule has 0 aromatic carbocycles. The van der Waals surface area contributed by atoms with Gasteiger partial charge in [0.15, 0.2) is 0 Å². The molecular weight excluding hydrogens is 182 g/mol. The molecule has 3 unspecified atom stereocenters. The highest BCUT2D eigenvalue weighted by Crippen LogP contribution is 2.44. The zero-order valence-corrected chi connectivity index (χ0v) is 11.1. The average molecular weight is 211 g/mol. The van der Waals surface area contributed by atoms with E-state index in [1.807, 2.05) is 0 Å². The van der Waals surface area contributed by atoms with Crippen LogP contribution >= 0.6 is 0 Å². The summed E-state index contributed by atoms with van der Waals surface area (Å²) in [5.74, 6) is 2.01. The molecule has 1 heteroatoms. The van der Waals surface area contributed by atoms with Gasteiger partial charge < -0.3 is 4.90 Å². The fraction of sp³-hybridized carbons (Fsp3) is 1.00. The first-order valence-corrected chi connectivity index (χ1v) is 6.98. The van der Waals surface area contributed by atoms with Gasteiger partial charge in [-0.15, -0.1) is 0 Å². The number of rotatable bonds is 8. The molecule has 1 rings (SSSR count). The summed E-state index contributed by atoms with van der Waals surface area (Å²) in [5, 5.41) is 0. The van der Waals surface area contributed by atoms with Crippen LogP contribution in [-0.4, -0.2) is 24.0 Å². The Balaban J connectivity index is 2.49. The van der Waals surface area contributed by atoms with Gasteiger partial charge in [0, 0.05) is 6.04 Å².